The summed E-state index contributed by atoms with van der Waals surface area (Å²) < 4.78 is 1.15. The maximum atomic E-state index is 6.09. The molecule has 2 aromatic heterocycles. The van der Waals surface area contributed by atoms with Gasteiger partial charge in [0.2, 0.25) is 5.95 Å². The number of anilines is 2. The molecule has 136 valence electrons. The smallest absolute Gasteiger partial charge is 0.219 e. The number of fused-ring (bicyclic) bond motifs is 1. The van der Waals surface area contributed by atoms with Crippen molar-refractivity contribution in [2.75, 3.05) is 30.8 Å². The van der Waals surface area contributed by atoms with E-state index in [9.17, 15) is 0 Å². The Morgan fingerprint density at radius 3 is 2.73 bits per heavy atom. The number of thiazole rings is 1. The van der Waals surface area contributed by atoms with Crippen molar-refractivity contribution in [2.24, 2.45) is 0 Å². The minimum Gasteiger partial charge on any atom is -0.368 e. The molecule has 26 heavy (non-hydrogen) atoms. The average Bonchev–Trinajstić information content (AvgIpc) is 3.07. The number of hydrogen-bond donors (Lipinski definition) is 1. The average molecular weight is 389 g/mol. The van der Waals surface area contributed by atoms with Crippen LogP contribution in [-0.4, -0.2) is 46.0 Å². The van der Waals surface area contributed by atoms with Gasteiger partial charge in [-0.2, -0.15) is 0 Å². The third-order valence-electron chi connectivity index (χ3n) is 4.85. The van der Waals surface area contributed by atoms with Crippen molar-refractivity contribution in [3.8, 4) is 0 Å². The zero-order chi connectivity index (χ0) is 18.1. The van der Waals surface area contributed by atoms with Crippen LogP contribution in [0.5, 0.6) is 0 Å². The molecule has 0 atom stereocenters. The van der Waals surface area contributed by atoms with Crippen LogP contribution in [0, 0.1) is 0 Å². The van der Waals surface area contributed by atoms with Crippen LogP contribution in [0.1, 0.15) is 18.4 Å². The number of benzene rings is 1. The lowest BCUT2D eigenvalue weighted by molar-refractivity contribution is 0.200. The van der Waals surface area contributed by atoms with Crippen molar-refractivity contribution in [1.82, 2.24) is 19.9 Å². The molecule has 0 unspecified atom stereocenters. The summed E-state index contributed by atoms with van der Waals surface area (Å²) in [7, 11) is 2.16. The second kappa shape index (κ2) is 7.34. The van der Waals surface area contributed by atoms with Crippen LogP contribution in [0.15, 0.2) is 30.6 Å². The van der Waals surface area contributed by atoms with E-state index >= 15 is 0 Å². The Morgan fingerprint density at radius 2 is 2.00 bits per heavy atom. The summed E-state index contributed by atoms with van der Waals surface area (Å²) in [5, 5.41) is 1.86. The maximum absolute atomic E-state index is 6.09. The van der Waals surface area contributed by atoms with Gasteiger partial charge >= 0.3 is 0 Å². The van der Waals surface area contributed by atoms with Gasteiger partial charge in [0, 0.05) is 48.7 Å². The van der Waals surface area contributed by atoms with Crippen molar-refractivity contribution in [2.45, 2.75) is 25.4 Å². The van der Waals surface area contributed by atoms with E-state index in [2.05, 4.69) is 26.8 Å². The number of halogens is 1. The van der Waals surface area contributed by atoms with Gasteiger partial charge < -0.3 is 10.6 Å². The molecule has 0 radical (unpaired) electrons. The number of nitrogen functional groups attached to an aromatic ring is 1. The van der Waals surface area contributed by atoms with Gasteiger partial charge in [-0.3, -0.25) is 4.90 Å². The van der Waals surface area contributed by atoms with Crippen LogP contribution in [0.25, 0.3) is 10.2 Å². The Labute approximate surface area is 161 Å². The highest BCUT2D eigenvalue weighted by Crippen LogP contribution is 2.32. The SMILES string of the molecule is CN(Cc1cnc(N)nc1)C1CCN(c2nc3ccc(Cl)cc3s2)CC1. The first-order chi connectivity index (χ1) is 12.6. The van der Waals surface area contributed by atoms with E-state index in [1.807, 2.05) is 18.2 Å². The summed E-state index contributed by atoms with van der Waals surface area (Å²) in [6.45, 7) is 2.87. The number of hydrogen-bond acceptors (Lipinski definition) is 7. The fourth-order valence-corrected chi connectivity index (χ4v) is 4.68. The molecule has 0 bridgehead atoms. The highest BCUT2D eigenvalue weighted by molar-refractivity contribution is 7.22. The molecule has 0 saturated carbocycles. The van der Waals surface area contributed by atoms with E-state index in [-0.39, 0.29) is 0 Å². The number of nitrogens with two attached hydrogens (primary N) is 1. The topological polar surface area (TPSA) is 71.2 Å². The van der Waals surface area contributed by atoms with Crippen molar-refractivity contribution in [1.29, 1.82) is 0 Å². The van der Waals surface area contributed by atoms with Gasteiger partial charge in [0.15, 0.2) is 5.13 Å². The van der Waals surface area contributed by atoms with Gasteiger partial charge in [0.1, 0.15) is 0 Å². The Hall–Kier alpha value is -1.96. The Bertz CT molecular complexity index is 888. The lowest BCUT2D eigenvalue weighted by Crippen LogP contribution is -2.43. The summed E-state index contributed by atoms with van der Waals surface area (Å²) >= 11 is 7.81. The molecular weight excluding hydrogens is 368 g/mol. The first kappa shape index (κ1) is 17.5. The number of piperidine rings is 1. The molecule has 4 rings (SSSR count). The van der Waals surface area contributed by atoms with E-state index in [0.29, 0.717) is 12.0 Å². The third-order valence-corrected chi connectivity index (χ3v) is 6.17. The molecule has 1 aromatic carbocycles. The van der Waals surface area contributed by atoms with Crippen molar-refractivity contribution in [3.63, 3.8) is 0 Å². The summed E-state index contributed by atoms with van der Waals surface area (Å²) in [4.78, 5) is 17.7. The minimum atomic E-state index is 0.321. The molecule has 6 nitrogen and oxygen atoms in total. The van der Waals surface area contributed by atoms with Gasteiger partial charge in [-0.15, -0.1) is 0 Å². The predicted octanol–water partition coefficient (Wildman–Crippen LogP) is 3.42. The quantitative estimate of drug-likeness (QED) is 0.738. The second-order valence-electron chi connectivity index (χ2n) is 6.69. The molecule has 3 heterocycles. The molecule has 0 spiro atoms. The third kappa shape index (κ3) is 3.75. The molecule has 0 amide bonds. The molecule has 1 aliphatic rings. The van der Waals surface area contributed by atoms with Crippen LogP contribution in [-0.2, 0) is 6.54 Å². The zero-order valence-electron chi connectivity index (χ0n) is 14.6. The first-order valence-corrected chi connectivity index (χ1v) is 9.85. The fraction of sp³-hybridized carbons (Fsp3) is 0.389. The Kier molecular flexibility index (Phi) is 4.93. The molecule has 0 aliphatic carbocycles. The standard InChI is InChI=1S/C18H21ClN6S/c1-24(11-12-9-21-17(20)22-10-12)14-4-6-25(7-5-14)18-23-15-3-2-13(19)8-16(15)26-18/h2-3,8-10,14H,4-7,11H2,1H3,(H2,20,21,22). The van der Waals surface area contributed by atoms with Crippen LogP contribution >= 0.6 is 22.9 Å². The van der Waals surface area contributed by atoms with Gasteiger partial charge in [0.25, 0.3) is 0 Å². The van der Waals surface area contributed by atoms with E-state index in [1.54, 1.807) is 23.7 Å². The van der Waals surface area contributed by atoms with Crippen molar-refractivity contribution < 1.29 is 0 Å². The largest absolute Gasteiger partial charge is 0.368 e. The summed E-state index contributed by atoms with van der Waals surface area (Å²) in [6, 6.07) is 6.43. The minimum absolute atomic E-state index is 0.321. The molecule has 3 aromatic rings. The molecular formula is C18H21ClN6S. The van der Waals surface area contributed by atoms with Crippen molar-refractivity contribution >= 4 is 44.2 Å². The maximum Gasteiger partial charge on any atom is 0.219 e. The molecule has 1 fully saturated rings. The molecule has 1 aliphatic heterocycles. The highest BCUT2D eigenvalue weighted by Gasteiger charge is 2.24. The van der Waals surface area contributed by atoms with Crippen molar-refractivity contribution in [3.05, 3.63) is 41.2 Å². The van der Waals surface area contributed by atoms with E-state index in [0.717, 1.165) is 58.4 Å². The lowest BCUT2D eigenvalue weighted by Gasteiger charge is -2.36. The van der Waals surface area contributed by atoms with Crippen LogP contribution in [0.4, 0.5) is 11.1 Å². The normalized spacial score (nSPS) is 15.9. The molecule has 2 N–H and O–H groups in total. The number of nitrogens with zero attached hydrogens (tertiary/aromatic N) is 5. The number of aromatic nitrogens is 3. The van der Waals surface area contributed by atoms with Gasteiger partial charge in [0.05, 0.1) is 10.2 Å². The fourth-order valence-electron chi connectivity index (χ4n) is 3.38. The second-order valence-corrected chi connectivity index (χ2v) is 8.14. The van der Waals surface area contributed by atoms with E-state index in [1.165, 1.54) is 0 Å². The molecule has 8 heteroatoms. The van der Waals surface area contributed by atoms with Crippen LogP contribution in [0.2, 0.25) is 5.02 Å². The van der Waals surface area contributed by atoms with E-state index in [4.69, 9.17) is 22.3 Å². The Morgan fingerprint density at radius 1 is 1.27 bits per heavy atom. The molecule has 1 saturated heterocycles. The summed E-state index contributed by atoms with van der Waals surface area (Å²) in [5.74, 6) is 0.321. The summed E-state index contributed by atoms with van der Waals surface area (Å²) in [6.07, 6.45) is 5.84. The van der Waals surface area contributed by atoms with Gasteiger partial charge in [-0.05, 0) is 38.1 Å². The Balaban J connectivity index is 1.37. The van der Waals surface area contributed by atoms with Gasteiger partial charge in [-0.1, -0.05) is 22.9 Å². The zero-order valence-corrected chi connectivity index (χ0v) is 16.2. The first-order valence-electron chi connectivity index (χ1n) is 8.66. The lowest BCUT2D eigenvalue weighted by atomic mass is 10.0. The van der Waals surface area contributed by atoms with E-state index < -0.39 is 0 Å². The summed E-state index contributed by atoms with van der Waals surface area (Å²) in [5.41, 5.74) is 7.67. The van der Waals surface area contributed by atoms with Crippen LogP contribution < -0.4 is 10.6 Å². The highest BCUT2D eigenvalue weighted by atomic mass is 35.5. The van der Waals surface area contributed by atoms with Crippen LogP contribution in [0.3, 0.4) is 0 Å². The predicted molar refractivity (Wildman–Crippen MR) is 108 cm³/mol. The van der Waals surface area contributed by atoms with Gasteiger partial charge in [-0.25, -0.2) is 15.0 Å². The number of rotatable bonds is 4. The monoisotopic (exact) mass is 388 g/mol.